The number of Topliss-reactive ketones (excluding diaryl/α,β-unsaturated/α-hetero) is 1. The highest BCUT2D eigenvalue weighted by Gasteiger charge is 2.21. The summed E-state index contributed by atoms with van der Waals surface area (Å²) in [5, 5.41) is 8.76. The molecule has 2 heterocycles. The number of fused-ring (bicyclic) bond motifs is 1. The summed E-state index contributed by atoms with van der Waals surface area (Å²) < 4.78 is 11.1. The summed E-state index contributed by atoms with van der Waals surface area (Å²) in [6.45, 7) is 1.61. The van der Waals surface area contributed by atoms with E-state index in [-0.39, 0.29) is 12.2 Å². The number of methoxy groups -OCH3 is 2. The van der Waals surface area contributed by atoms with Crippen molar-refractivity contribution in [1.29, 1.82) is 0 Å². The standard InChI is InChI=1S/C14H15NO5S/c1-7(4-12(16)17)13(18)11-5-8-10(21-11)6-9(19-2)14(15-8)20-3/h5-7H,4H2,1-3H3,(H,16,17). The molecule has 1 unspecified atom stereocenters. The van der Waals surface area contributed by atoms with Crippen LogP contribution in [0.1, 0.15) is 23.0 Å². The van der Waals surface area contributed by atoms with Gasteiger partial charge in [-0.15, -0.1) is 11.3 Å². The van der Waals surface area contributed by atoms with Gasteiger partial charge in [0, 0.05) is 12.0 Å². The third-order valence-corrected chi connectivity index (χ3v) is 4.11. The number of rotatable bonds is 6. The molecule has 0 aliphatic rings. The molecule has 21 heavy (non-hydrogen) atoms. The molecule has 7 heteroatoms. The number of aromatic nitrogens is 1. The Labute approximate surface area is 125 Å². The summed E-state index contributed by atoms with van der Waals surface area (Å²) >= 11 is 1.27. The molecule has 2 aromatic rings. The second-order valence-electron chi connectivity index (χ2n) is 4.56. The van der Waals surface area contributed by atoms with Crippen LogP contribution in [0.25, 0.3) is 10.2 Å². The molecule has 0 radical (unpaired) electrons. The third kappa shape index (κ3) is 3.13. The fourth-order valence-corrected chi connectivity index (χ4v) is 3.03. The van der Waals surface area contributed by atoms with Crippen molar-refractivity contribution >= 4 is 33.3 Å². The van der Waals surface area contributed by atoms with Crippen LogP contribution in [0.2, 0.25) is 0 Å². The lowest BCUT2D eigenvalue weighted by Crippen LogP contribution is -2.14. The van der Waals surface area contributed by atoms with E-state index in [1.165, 1.54) is 25.6 Å². The second kappa shape index (κ2) is 6.09. The van der Waals surface area contributed by atoms with Crippen LogP contribution in [0.4, 0.5) is 0 Å². The number of ether oxygens (including phenoxy) is 2. The first-order chi connectivity index (χ1) is 9.96. The maximum Gasteiger partial charge on any atom is 0.304 e. The lowest BCUT2D eigenvalue weighted by molar-refractivity contribution is -0.137. The number of pyridine rings is 1. The van der Waals surface area contributed by atoms with E-state index < -0.39 is 11.9 Å². The zero-order chi connectivity index (χ0) is 15.6. The van der Waals surface area contributed by atoms with Crippen molar-refractivity contribution in [1.82, 2.24) is 4.98 Å². The van der Waals surface area contributed by atoms with Gasteiger partial charge < -0.3 is 14.6 Å². The molecular weight excluding hydrogens is 294 g/mol. The number of carboxylic acids is 1. The van der Waals surface area contributed by atoms with Crippen LogP contribution in [0.3, 0.4) is 0 Å². The molecule has 112 valence electrons. The van der Waals surface area contributed by atoms with E-state index in [2.05, 4.69) is 4.98 Å². The fraction of sp³-hybridized carbons (Fsp3) is 0.357. The lowest BCUT2D eigenvalue weighted by atomic mass is 10.0. The van der Waals surface area contributed by atoms with Gasteiger partial charge in [-0.05, 0) is 6.07 Å². The molecule has 6 nitrogen and oxygen atoms in total. The first-order valence-electron chi connectivity index (χ1n) is 6.24. The van der Waals surface area contributed by atoms with Crippen molar-refractivity contribution in [2.45, 2.75) is 13.3 Å². The van der Waals surface area contributed by atoms with Gasteiger partial charge in [-0.25, -0.2) is 4.98 Å². The zero-order valence-corrected chi connectivity index (χ0v) is 12.7. The van der Waals surface area contributed by atoms with E-state index in [0.717, 1.165) is 4.70 Å². The Bertz CT molecular complexity index is 653. The number of carboxylic acid groups (broad SMARTS) is 1. The SMILES string of the molecule is COc1cc2sc(C(=O)C(C)CC(=O)O)cc2nc1OC. The summed E-state index contributed by atoms with van der Waals surface area (Å²) in [5.41, 5.74) is 0.628. The molecule has 1 atom stereocenters. The molecular formula is C14H15NO5S. The van der Waals surface area contributed by atoms with E-state index in [4.69, 9.17) is 14.6 Å². The van der Waals surface area contributed by atoms with Gasteiger partial charge in [-0.2, -0.15) is 0 Å². The lowest BCUT2D eigenvalue weighted by Gasteiger charge is -2.05. The van der Waals surface area contributed by atoms with E-state index in [1.807, 2.05) is 0 Å². The van der Waals surface area contributed by atoms with Gasteiger partial charge in [0.05, 0.1) is 35.7 Å². The van der Waals surface area contributed by atoms with E-state index in [1.54, 1.807) is 19.1 Å². The first kappa shape index (κ1) is 15.2. The maximum atomic E-state index is 12.2. The highest BCUT2D eigenvalue weighted by atomic mass is 32.1. The molecule has 0 saturated carbocycles. The third-order valence-electron chi connectivity index (χ3n) is 3.02. The van der Waals surface area contributed by atoms with Gasteiger partial charge in [-0.3, -0.25) is 9.59 Å². The van der Waals surface area contributed by atoms with Crippen LogP contribution in [0.5, 0.6) is 11.6 Å². The topological polar surface area (TPSA) is 85.7 Å². The monoisotopic (exact) mass is 309 g/mol. The maximum absolute atomic E-state index is 12.2. The van der Waals surface area contributed by atoms with Gasteiger partial charge in [0.25, 0.3) is 5.88 Å². The Morgan fingerprint density at radius 3 is 2.62 bits per heavy atom. The summed E-state index contributed by atoms with van der Waals surface area (Å²) in [6.07, 6.45) is -0.187. The second-order valence-corrected chi connectivity index (χ2v) is 5.64. The number of carbonyl (C=O) groups excluding carboxylic acids is 1. The number of thiophene rings is 1. The Hall–Kier alpha value is -2.15. The molecule has 1 N–H and O–H groups in total. The number of aliphatic carboxylic acids is 1. The first-order valence-corrected chi connectivity index (χ1v) is 7.06. The van der Waals surface area contributed by atoms with E-state index in [9.17, 15) is 9.59 Å². The smallest absolute Gasteiger partial charge is 0.304 e. The van der Waals surface area contributed by atoms with E-state index in [0.29, 0.717) is 22.0 Å². The van der Waals surface area contributed by atoms with Crippen LogP contribution in [0, 0.1) is 5.92 Å². The Kier molecular flexibility index (Phi) is 4.42. The highest BCUT2D eigenvalue weighted by molar-refractivity contribution is 7.20. The van der Waals surface area contributed by atoms with Crippen LogP contribution in [0.15, 0.2) is 12.1 Å². The van der Waals surface area contributed by atoms with Gasteiger partial charge in [0.2, 0.25) is 0 Å². The molecule has 2 aromatic heterocycles. The Balaban J connectivity index is 2.38. The predicted molar refractivity (Wildman–Crippen MR) is 78.5 cm³/mol. The normalized spacial score (nSPS) is 12.1. The summed E-state index contributed by atoms with van der Waals surface area (Å²) in [6, 6.07) is 3.41. The van der Waals surface area contributed by atoms with Gasteiger partial charge in [-0.1, -0.05) is 6.92 Å². The largest absolute Gasteiger partial charge is 0.491 e. The zero-order valence-electron chi connectivity index (χ0n) is 11.9. The van der Waals surface area contributed by atoms with E-state index >= 15 is 0 Å². The summed E-state index contributed by atoms with van der Waals surface area (Å²) in [5.74, 6) is -0.916. The van der Waals surface area contributed by atoms with Crippen molar-refractivity contribution in [2.75, 3.05) is 14.2 Å². The van der Waals surface area contributed by atoms with Crippen LogP contribution in [-0.4, -0.2) is 36.1 Å². The number of ketones is 1. The van der Waals surface area contributed by atoms with Crippen LogP contribution >= 0.6 is 11.3 Å². The van der Waals surface area contributed by atoms with Crippen LogP contribution < -0.4 is 9.47 Å². The Morgan fingerprint density at radius 2 is 2.05 bits per heavy atom. The van der Waals surface area contributed by atoms with Crippen molar-refractivity contribution in [3.8, 4) is 11.6 Å². The molecule has 0 saturated heterocycles. The van der Waals surface area contributed by atoms with Crippen molar-refractivity contribution < 1.29 is 24.2 Å². The van der Waals surface area contributed by atoms with Crippen molar-refractivity contribution in [3.63, 3.8) is 0 Å². The average Bonchev–Trinajstić information content (AvgIpc) is 2.86. The molecule has 2 rings (SSSR count). The molecule has 0 bridgehead atoms. The number of carbonyl (C=O) groups is 2. The van der Waals surface area contributed by atoms with Gasteiger partial charge >= 0.3 is 5.97 Å². The summed E-state index contributed by atoms with van der Waals surface area (Å²) in [7, 11) is 3.00. The molecule has 0 aliphatic carbocycles. The molecule has 0 aliphatic heterocycles. The number of hydrogen-bond acceptors (Lipinski definition) is 6. The highest BCUT2D eigenvalue weighted by Crippen LogP contribution is 2.34. The van der Waals surface area contributed by atoms with Crippen molar-refractivity contribution in [2.24, 2.45) is 5.92 Å². The van der Waals surface area contributed by atoms with Crippen molar-refractivity contribution in [3.05, 3.63) is 17.0 Å². The quantitative estimate of drug-likeness (QED) is 0.825. The molecule has 0 amide bonds. The minimum absolute atomic E-state index is 0.187. The molecule has 0 fully saturated rings. The number of nitrogens with zero attached hydrogens (tertiary/aromatic N) is 1. The minimum Gasteiger partial charge on any atom is -0.491 e. The van der Waals surface area contributed by atoms with Gasteiger partial charge in [0.1, 0.15) is 0 Å². The number of hydrogen-bond donors (Lipinski definition) is 1. The Morgan fingerprint density at radius 1 is 1.33 bits per heavy atom. The predicted octanol–water partition coefficient (Wildman–Crippen LogP) is 2.61. The fourth-order valence-electron chi connectivity index (χ4n) is 1.94. The molecule has 0 spiro atoms. The average molecular weight is 309 g/mol. The van der Waals surface area contributed by atoms with Gasteiger partial charge in [0.15, 0.2) is 11.5 Å². The minimum atomic E-state index is -0.988. The summed E-state index contributed by atoms with van der Waals surface area (Å²) in [4.78, 5) is 27.7. The molecule has 0 aromatic carbocycles. The van der Waals surface area contributed by atoms with Crippen LogP contribution in [-0.2, 0) is 4.79 Å².